The minimum absolute atomic E-state index is 0.162. The standard InChI is InChI=1S/C23H19ClN6O4S/c1-34-23(33)17-6-7-19(28-17)29-22(32)21(15-9-25-12-26-10-15)30(20(31)8-24)16-4-2-14(3-5-16)18-11-27-13-35-18/h2-7,9-13,21,28H,8H2,1H3,(H,29,32)/t21-/m0/s1. The Balaban J connectivity index is 1.71. The number of hydrogen-bond donors (Lipinski definition) is 2. The van der Waals surface area contributed by atoms with E-state index in [9.17, 15) is 14.4 Å². The SMILES string of the molecule is COC(=O)c1ccc(NC(=O)[C@H](c2cncnc2)N(C(=O)CCl)c2ccc(-c3cncs3)cc2)[nH]1. The van der Waals surface area contributed by atoms with Gasteiger partial charge < -0.3 is 15.0 Å². The highest BCUT2D eigenvalue weighted by molar-refractivity contribution is 7.13. The predicted molar refractivity (Wildman–Crippen MR) is 131 cm³/mol. The van der Waals surface area contributed by atoms with Gasteiger partial charge >= 0.3 is 5.97 Å². The Labute approximate surface area is 209 Å². The summed E-state index contributed by atoms with van der Waals surface area (Å²) in [4.78, 5) is 55.4. The van der Waals surface area contributed by atoms with E-state index in [0.29, 0.717) is 11.3 Å². The first kappa shape index (κ1) is 24.0. The average Bonchev–Trinajstić information content (AvgIpc) is 3.60. The molecule has 178 valence electrons. The number of hydrogen-bond acceptors (Lipinski definition) is 8. The van der Waals surface area contributed by atoms with Crippen molar-refractivity contribution < 1.29 is 19.1 Å². The Morgan fingerprint density at radius 2 is 1.83 bits per heavy atom. The molecule has 3 aromatic heterocycles. The van der Waals surface area contributed by atoms with Gasteiger partial charge in [0.05, 0.1) is 17.5 Å². The topological polar surface area (TPSA) is 130 Å². The molecule has 0 unspecified atom stereocenters. The van der Waals surface area contributed by atoms with Gasteiger partial charge in [-0.05, 0) is 29.8 Å². The number of carbonyl (C=O) groups is 3. The van der Waals surface area contributed by atoms with Gasteiger partial charge in [0, 0.05) is 29.8 Å². The maximum absolute atomic E-state index is 13.5. The maximum Gasteiger partial charge on any atom is 0.354 e. The van der Waals surface area contributed by atoms with Crippen molar-refractivity contribution in [2.45, 2.75) is 6.04 Å². The molecule has 12 heteroatoms. The van der Waals surface area contributed by atoms with Gasteiger partial charge in [-0.2, -0.15) is 0 Å². The number of nitrogens with zero attached hydrogens (tertiary/aromatic N) is 4. The number of esters is 1. The second kappa shape index (κ2) is 10.9. The van der Waals surface area contributed by atoms with Gasteiger partial charge in [0.2, 0.25) is 5.91 Å². The number of anilines is 2. The molecule has 0 saturated heterocycles. The van der Waals surface area contributed by atoms with Gasteiger partial charge in [0.25, 0.3) is 5.91 Å². The largest absolute Gasteiger partial charge is 0.464 e. The summed E-state index contributed by atoms with van der Waals surface area (Å²) < 4.78 is 4.68. The number of methoxy groups -OCH3 is 1. The van der Waals surface area contributed by atoms with Crippen LogP contribution in [0.15, 0.2) is 66.8 Å². The molecular weight excluding hydrogens is 492 g/mol. The van der Waals surface area contributed by atoms with E-state index in [1.165, 1.54) is 54.2 Å². The van der Waals surface area contributed by atoms with E-state index in [1.54, 1.807) is 23.8 Å². The van der Waals surface area contributed by atoms with Gasteiger partial charge in [-0.3, -0.25) is 19.5 Å². The third kappa shape index (κ3) is 5.36. The van der Waals surface area contributed by atoms with Crippen LogP contribution in [0.3, 0.4) is 0 Å². The van der Waals surface area contributed by atoms with Crippen LogP contribution in [0.2, 0.25) is 0 Å². The molecule has 1 aromatic carbocycles. The fourth-order valence-electron chi connectivity index (χ4n) is 3.41. The average molecular weight is 511 g/mol. The lowest BCUT2D eigenvalue weighted by molar-refractivity contribution is -0.122. The number of H-pyrrole nitrogens is 1. The zero-order valence-corrected chi connectivity index (χ0v) is 19.9. The number of nitrogens with one attached hydrogen (secondary N) is 2. The van der Waals surface area contributed by atoms with Crippen LogP contribution in [0, 0.1) is 0 Å². The Hall–Kier alpha value is -4.09. The summed E-state index contributed by atoms with van der Waals surface area (Å²) in [5.74, 6) is -1.76. The summed E-state index contributed by atoms with van der Waals surface area (Å²) in [5, 5.41) is 2.70. The number of ether oxygens (including phenoxy) is 1. The van der Waals surface area contributed by atoms with E-state index < -0.39 is 23.8 Å². The van der Waals surface area contributed by atoms with Gasteiger partial charge in [-0.25, -0.2) is 14.8 Å². The number of halogens is 1. The molecule has 0 aliphatic carbocycles. The molecular formula is C23H19ClN6O4S. The number of thiazole rings is 1. The quantitative estimate of drug-likeness (QED) is 0.273. The minimum Gasteiger partial charge on any atom is -0.464 e. The summed E-state index contributed by atoms with van der Waals surface area (Å²) in [7, 11) is 1.25. The number of carbonyl (C=O) groups excluding carboxylic acids is 3. The third-order valence-corrected chi connectivity index (χ3v) is 6.05. The number of amides is 2. The van der Waals surface area contributed by atoms with Crippen LogP contribution in [0.1, 0.15) is 22.1 Å². The normalized spacial score (nSPS) is 11.5. The van der Waals surface area contributed by atoms with Crippen molar-refractivity contribution in [3.8, 4) is 10.4 Å². The Bertz CT molecular complexity index is 1310. The summed E-state index contributed by atoms with van der Waals surface area (Å²) in [6, 6.07) is 8.97. The molecule has 0 aliphatic heterocycles. The Morgan fingerprint density at radius 3 is 2.46 bits per heavy atom. The summed E-state index contributed by atoms with van der Waals surface area (Å²) in [5.41, 5.74) is 3.63. The molecule has 35 heavy (non-hydrogen) atoms. The first-order chi connectivity index (χ1) is 17.0. The van der Waals surface area contributed by atoms with Crippen LogP contribution in [0.25, 0.3) is 10.4 Å². The van der Waals surface area contributed by atoms with Gasteiger partial charge in [-0.15, -0.1) is 22.9 Å². The number of aromatic amines is 1. The molecule has 0 fully saturated rings. The molecule has 3 heterocycles. The van der Waals surface area contributed by atoms with Crippen LogP contribution in [-0.4, -0.2) is 50.7 Å². The first-order valence-corrected chi connectivity index (χ1v) is 11.6. The number of aromatic nitrogens is 4. The third-order valence-electron chi connectivity index (χ3n) is 5.00. The molecule has 0 radical (unpaired) electrons. The highest BCUT2D eigenvalue weighted by atomic mass is 35.5. The van der Waals surface area contributed by atoms with Gasteiger partial charge in [0.15, 0.2) is 0 Å². The smallest absolute Gasteiger partial charge is 0.354 e. The van der Waals surface area contributed by atoms with Crippen LogP contribution in [0.5, 0.6) is 0 Å². The van der Waals surface area contributed by atoms with E-state index in [1.807, 2.05) is 12.1 Å². The molecule has 0 spiro atoms. The molecule has 2 N–H and O–H groups in total. The predicted octanol–water partition coefficient (Wildman–Crippen LogP) is 3.67. The Kier molecular flexibility index (Phi) is 7.48. The molecule has 2 amide bonds. The highest BCUT2D eigenvalue weighted by Crippen LogP contribution is 2.31. The van der Waals surface area contributed by atoms with Crippen molar-refractivity contribution in [3.05, 3.63) is 78.1 Å². The van der Waals surface area contributed by atoms with E-state index in [2.05, 4.69) is 30.0 Å². The lowest BCUT2D eigenvalue weighted by Crippen LogP contribution is -2.42. The maximum atomic E-state index is 13.5. The van der Waals surface area contributed by atoms with Crippen LogP contribution in [-0.2, 0) is 14.3 Å². The number of benzene rings is 1. The van der Waals surface area contributed by atoms with Gasteiger partial charge in [-0.1, -0.05) is 12.1 Å². The molecule has 10 nitrogen and oxygen atoms in total. The molecule has 4 rings (SSSR count). The van der Waals surface area contributed by atoms with Crippen molar-refractivity contribution in [1.29, 1.82) is 0 Å². The van der Waals surface area contributed by atoms with Crippen molar-refractivity contribution in [3.63, 3.8) is 0 Å². The summed E-state index contributed by atoms with van der Waals surface area (Å²) in [6.07, 6.45) is 5.97. The molecule has 0 aliphatic rings. The summed E-state index contributed by atoms with van der Waals surface area (Å²) >= 11 is 7.43. The molecule has 1 atom stereocenters. The van der Waals surface area contributed by atoms with Crippen LogP contribution >= 0.6 is 22.9 Å². The zero-order valence-electron chi connectivity index (χ0n) is 18.3. The fraction of sp³-hybridized carbons (Fsp3) is 0.130. The second-order valence-electron chi connectivity index (χ2n) is 7.15. The molecule has 0 bridgehead atoms. The fourth-order valence-corrected chi connectivity index (χ4v) is 4.17. The van der Waals surface area contributed by atoms with Crippen molar-refractivity contribution in [2.24, 2.45) is 0 Å². The molecule has 4 aromatic rings. The monoisotopic (exact) mass is 510 g/mol. The molecule has 0 saturated carbocycles. The van der Waals surface area contributed by atoms with E-state index in [0.717, 1.165) is 10.4 Å². The second-order valence-corrected chi connectivity index (χ2v) is 8.30. The summed E-state index contributed by atoms with van der Waals surface area (Å²) in [6.45, 7) is 0. The lowest BCUT2D eigenvalue weighted by atomic mass is 10.1. The van der Waals surface area contributed by atoms with Crippen molar-refractivity contribution in [2.75, 3.05) is 23.2 Å². The van der Waals surface area contributed by atoms with Crippen molar-refractivity contribution >= 4 is 52.2 Å². The number of alkyl halides is 1. The zero-order chi connectivity index (χ0) is 24.8. The van der Waals surface area contributed by atoms with E-state index in [4.69, 9.17) is 11.6 Å². The van der Waals surface area contributed by atoms with Crippen LogP contribution < -0.4 is 10.2 Å². The van der Waals surface area contributed by atoms with Crippen LogP contribution in [0.4, 0.5) is 11.5 Å². The lowest BCUT2D eigenvalue weighted by Gasteiger charge is -2.30. The van der Waals surface area contributed by atoms with E-state index in [-0.39, 0.29) is 17.4 Å². The number of rotatable bonds is 8. The first-order valence-electron chi connectivity index (χ1n) is 10.2. The van der Waals surface area contributed by atoms with Gasteiger partial charge in [0.1, 0.15) is 29.8 Å². The van der Waals surface area contributed by atoms with Crippen molar-refractivity contribution in [1.82, 2.24) is 19.9 Å². The minimum atomic E-state index is -1.15. The highest BCUT2D eigenvalue weighted by Gasteiger charge is 2.33. The Morgan fingerprint density at radius 1 is 1.09 bits per heavy atom. The van der Waals surface area contributed by atoms with E-state index >= 15 is 0 Å².